The smallest absolute Gasteiger partial charge is 0.472 e. The van der Waals surface area contributed by atoms with E-state index in [1.54, 1.807) is 0 Å². The van der Waals surface area contributed by atoms with Crippen LogP contribution in [0, 0.1) is 0 Å². The van der Waals surface area contributed by atoms with E-state index in [0.717, 1.165) is 19.3 Å². The van der Waals surface area contributed by atoms with Crippen LogP contribution in [-0.2, 0) is 23.1 Å². The van der Waals surface area contributed by atoms with Gasteiger partial charge in [0.2, 0.25) is 0 Å². The molecule has 0 aromatic heterocycles. The SMILES string of the molecule is CCCCCCCCCCCCC(=O)OC[C@@H]([O-])COP(=O)(O)OCC[N+](C)(C)C. The molecule has 8 nitrogen and oxygen atoms in total. The van der Waals surface area contributed by atoms with E-state index in [0.29, 0.717) is 11.0 Å². The van der Waals surface area contributed by atoms with Gasteiger partial charge in [-0.05, 0) is 6.42 Å². The zero-order chi connectivity index (χ0) is 22.9. The highest BCUT2D eigenvalue weighted by molar-refractivity contribution is 7.47. The fourth-order valence-electron chi connectivity index (χ4n) is 2.71. The van der Waals surface area contributed by atoms with E-state index in [4.69, 9.17) is 9.26 Å². The molecule has 0 saturated carbocycles. The monoisotopic (exact) mass is 453 g/mol. The van der Waals surface area contributed by atoms with Crippen LogP contribution in [0.25, 0.3) is 0 Å². The first-order chi connectivity index (χ1) is 14.1. The molecular formula is C21H44NO7P. The van der Waals surface area contributed by atoms with Crippen LogP contribution < -0.4 is 5.11 Å². The van der Waals surface area contributed by atoms with Crippen LogP contribution in [0.4, 0.5) is 0 Å². The topological polar surface area (TPSA) is 105 Å². The molecule has 0 radical (unpaired) electrons. The molecule has 0 aliphatic heterocycles. The molecule has 30 heavy (non-hydrogen) atoms. The van der Waals surface area contributed by atoms with Crippen molar-refractivity contribution in [2.75, 3.05) is 47.5 Å². The van der Waals surface area contributed by atoms with E-state index in [1.807, 2.05) is 21.1 Å². The first kappa shape index (κ1) is 29.5. The number of ether oxygens (including phenoxy) is 1. The van der Waals surface area contributed by atoms with Gasteiger partial charge in [-0.2, -0.15) is 0 Å². The number of likely N-dealkylation sites (N-methyl/N-ethyl adjacent to an activating group) is 1. The quantitative estimate of drug-likeness (QED) is 0.130. The summed E-state index contributed by atoms with van der Waals surface area (Å²) in [4.78, 5) is 21.2. The summed E-state index contributed by atoms with van der Waals surface area (Å²) < 4.78 is 26.7. The molecule has 0 heterocycles. The summed E-state index contributed by atoms with van der Waals surface area (Å²) in [5, 5.41) is 11.8. The van der Waals surface area contributed by atoms with Crippen molar-refractivity contribution in [3.05, 3.63) is 0 Å². The molecule has 1 N–H and O–H groups in total. The van der Waals surface area contributed by atoms with Gasteiger partial charge >= 0.3 is 13.8 Å². The second-order valence-electron chi connectivity index (χ2n) is 8.85. The van der Waals surface area contributed by atoms with E-state index in [-0.39, 0.29) is 19.6 Å². The Balaban J connectivity index is 3.66. The maximum absolute atomic E-state index is 11.8. The molecule has 0 amide bonds. The summed E-state index contributed by atoms with van der Waals surface area (Å²) in [6, 6.07) is 0. The average molecular weight is 454 g/mol. The number of nitrogens with zero attached hydrogens (tertiary/aromatic N) is 1. The normalized spacial score (nSPS) is 15.0. The minimum Gasteiger partial charge on any atom is -0.848 e. The van der Waals surface area contributed by atoms with Gasteiger partial charge in [0, 0.05) is 13.0 Å². The van der Waals surface area contributed by atoms with Crippen molar-refractivity contribution in [3.8, 4) is 0 Å². The van der Waals surface area contributed by atoms with Gasteiger partial charge in [0.25, 0.3) is 0 Å². The predicted molar refractivity (Wildman–Crippen MR) is 116 cm³/mol. The highest BCUT2D eigenvalue weighted by Crippen LogP contribution is 2.42. The summed E-state index contributed by atoms with van der Waals surface area (Å²) in [6.07, 6.45) is 10.7. The van der Waals surface area contributed by atoms with Crippen LogP contribution in [0.5, 0.6) is 0 Å². The van der Waals surface area contributed by atoms with Crippen molar-refractivity contribution < 1.29 is 37.6 Å². The van der Waals surface area contributed by atoms with Gasteiger partial charge in [-0.25, -0.2) is 4.57 Å². The summed E-state index contributed by atoms with van der Waals surface area (Å²) >= 11 is 0. The van der Waals surface area contributed by atoms with Crippen molar-refractivity contribution in [1.29, 1.82) is 0 Å². The molecule has 1 unspecified atom stereocenters. The standard InChI is InChI=1S/C21H44NO7P/c1-5-6-7-8-9-10-11-12-13-14-15-21(24)27-18-20(23)19-29-30(25,26)28-17-16-22(2,3)4/h20H,5-19H2,1-4H3,(H,25,26)/t20-/m1/s1. The molecule has 9 heteroatoms. The molecular weight excluding hydrogens is 409 g/mol. The number of unbranched alkanes of at least 4 members (excludes halogenated alkanes) is 9. The second kappa shape index (κ2) is 17.1. The summed E-state index contributed by atoms with van der Waals surface area (Å²) in [6.45, 7) is 1.84. The van der Waals surface area contributed by atoms with Crippen molar-refractivity contribution in [2.45, 2.75) is 83.7 Å². The molecule has 0 aliphatic carbocycles. The maximum Gasteiger partial charge on any atom is 0.472 e. The number of phosphoric ester groups is 1. The van der Waals surface area contributed by atoms with E-state index in [9.17, 15) is 19.4 Å². The highest BCUT2D eigenvalue weighted by atomic mass is 31.2. The fraction of sp³-hybridized carbons (Fsp3) is 0.952. The van der Waals surface area contributed by atoms with Gasteiger partial charge in [0.1, 0.15) is 13.2 Å². The summed E-state index contributed by atoms with van der Waals surface area (Å²) in [5.74, 6) is -0.415. The summed E-state index contributed by atoms with van der Waals surface area (Å²) in [5.41, 5.74) is 0. The molecule has 0 saturated heterocycles. The third-order valence-electron chi connectivity index (χ3n) is 4.60. The minimum absolute atomic E-state index is 0.0364. The molecule has 0 aromatic carbocycles. The Morgan fingerprint density at radius 2 is 1.47 bits per heavy atom. The van der Waals surface area contributed by atoms with Crippen molar-refractivity contribution in [2.24, 2.45) is 0 Å². The first-order valence-electron chi connectivity index (χ1n) is 11.3. The van der Waals surface area contributed by atoms with Crippen LogP contribution in [0.1, 0.15) is 77.6 Å². The predicted octanol–water partition coefficient (Wildman–Crippen LogP) is 3.41. The third-order valence-corrected chi connectivity index (χ3v) is 5.59. The van der Waals surface area contributed by atoms with Crippen molar-refractivity contribution in [1.82, 2.24) is 0 Å². The molecule has 2 atom stereocenters. The van der Waals surface area contributed by atoms with Gasteiger partial charge in [-0.3, -0.25) is 13.8 Å². The van der Waals surface area contributed by atoms with Gasteiger partial charge in [-0.1, -0.05) is 70.8 Å². The highest BCUT2D eigenvalue weighted by Gasteiger charge is 2.22. The Labute approximate surface area is 183 Å². The average Bonchev–Trinajstić information content (AvgIpc) is 2.65. The Bertz CT molecular complexity index is 482. The number of carbonyl (C=O) groups excluding carboxylic acids is 1. The van der Waals surface area contributed by atoms with Gasteiger partial charge in [0.15, 0.2) is 0 Å². The van der Waals surface area contributed by atoms with E-state index in [1.165, 1.54) is 44.9 Å². The fourth-order valence-corrected chi connectivity index (χ4v) is 3.45. The Kier molecular flexibility index (Phi) is 16.8. The number of quaternary nitrogens is 1. The van der Waals surface area contributed by atoms with Crippen LogP contribution in [0.15, 0.2) is 0 Å². The zero-order valence-electron chi connectivity index (χ0n) is 19.5. The molecule has 0 rings (SSSR count). The van der Waals surface area contributed by atoms with Gasteiger partial charge in [0.05, 0.1) is 27.7 Å². The van der Waals surface area contributed by atoms with E-state index < -0.39 is 26.5 Å². The van der Waals surface area contributed by atoms with Crippen molar-refractivity contribution >= 4 is 13.8 Å². The van der Waals surface area contributed by atoms with Crippen LogP contribution in [0.3, 0.4) is 0 Å². The van der Waals surface area contributed by atoms with Gasteiger partial charge < -0.3 is 19.2 Å². The lowest BCUT2D eigenvalue weighted by Gasteiger charge is -2.25. The number of hydrogen-bond acceptors (Lipinski definition) is 6. The Hall–Kier alpha value is -0.500. The summed E-state index contributed by atoms with van der Waals surface area (Å²) in [7, 11) is 1.49. The number of esters is 1. The first-order valence-corrected chi connectivity index (χ1v) is 12.8. The molecule has 0 fully saturated rings. The van der Waals surface area contributed by atoms with Gasteiger partial charge in [-0.15, -0.1) is 0 Å². The second-order valence-corrected chi connectivity index (χ2v) is 10.3. The van der Waals surface area contributed by atoms with Crippen molar-refractivity contribution in [3.63, 3.8) is 0 Å². The lowest BCUT2D eigenvalue weighted by Crippen LogP contribution is -2.37. The van der Waals surface area contributed by atoms with E-state index >= 15 is 0 Å². The zero-order valence-corrected chi connectivity index (χ0v) is 20.4. The Morgan fingerprint density at radius 1 is 0.933 bits per heavy atom. The number of rotatable bonds is 20. The molecule has 0 spiro atoms. The number of phosphoric acid groups is 1. The number of carbonyl (C=O) groups is 1. The van der Waals surface area contributed by atoms with Crippen LogP contribution >= 0.6 is 7.82 Å². The molecule has 0 aromatic rings. The lowest BCUT2D eigenvalue weighted by molar-refractivity contribution is -0.870. The minimum atomic E-state index is -4.27. The largest absolute Gasteiger partial charge is 0.848 e. The number of hydrogen-bond donors (Lipinski definition) is 1. The van der Waals surface area contributed by atoms with Crippen LogP contribution in [0.2, 0.25) is 0 Å². The molecule has 0 bridgehead atoms. The molecule has 180 valence electrons. The lowest BCUT2D eigenvalue weighted by atomic mass is 10.1. The maximum atomic E-state index is 11.8. The molecule has 0 aliphatic rings. The van der Waals surface area contributed by atoms with Crippen LogP contribution in [-0.4, -0.2) is 69.0 Å². The third kappa shape index (κ3) is 20.8. The Morgan fingerprint density at radius 3 is 2.00 bits per heavy atom. The van der Waals surface area contributed by atoms with E-state index in [2.05, 4.69) is 11.4 Å².